The maximum Gasteiger partial charge on any atom is 0.231 e. The standard InChI is InChI=1S/C23H24O3/c1-15(2)11-12-25-19-9-10-20-21(14-19)26-22(23(20)24)13-17-5-7-18(8-6-17)16(3)4/h5-11,13-14,16H,12H2,1-4H3/b22-13+. The van der Waals surface area contributed by atoms with Crippen molar-refractivity contribution in [3.8, 4) is 11.5 Å². The van der Waals surface area contributed by atoms with Crippen LogP contribution in [0.2, 0.25) is 0 Å². The molecule has 0 atom stereocenters. The molecular weight excluding hydrogens is 324 g/mol. The Labute approximate surface area is 155 Å². The van der Waals surface area contributed by atoms with Crippen LogP contribution in [-0.4, -0.2) is 12.4 Å². The van der Waals surface area contributed by atoms with Crippen LogP contribution in [0.15, 0.2) is 59.9 Å². The van der Waals surface area contributed by atoms with Gasteiger partial charge < -0.3 is 9.47 Å². The average molecular weight is 348 g/mol. The van der Waals surface area contributed by atoms with Crippen molar-refractivity contribution >= 4 is 11.9 Å². The van der Waals surface area contributed by atoms with Gasteiger partial charge in [-0.3, -0.25) is 4.79 Å². The molecule has 1 heterocycles. The molecule has 2 aromatic carbocycles. The zero-order valence-electron chi connectivity index (χ0n) is 15.7. The molecule has 0 saturated carbocycles. The number of rotatable bonds is 5. The summed E-state index contributed by atoms with van der Waals surface area (Å²) < 4.78 is 11.5. The number of benzene rings is 2. The van der Waals surface area contributed by atoms with Crippen molar-refractivity contribution in [2.75, 3.05) is 6.61 Å². The lowest BCUT2D eigenvalue weighted by Crippen LogP contribution is -1.98. The van der Waals surface area contributed by atoms with E-state index >= 15 is 0 Å². The lowest BCUT2D eigenvalue weighted by atomic mass is 10.0. The first-order chi connectivity index (χ1) is 12.4. The van der Waals surface area contributed by atoms with Crippen molar-refractivity contribution < 1.29 is 14.3 Å². The third-order valence-electron chi connectivity index (χ3n) is 4.28. The molecule has 134 valence electrons. The second-order valence-corrected chi connectivity index (χ2v) is 7.01. The molecular formula is C23H24O3. The first-order valence-electron chi connectivity index (χ1n) is 8.88. The molecule has 3 heteroatoms. The normalized spacial score (nSPS) is 14.3. The molecule has 3 nitrogen and oxygen atoms in total. The zero-order chi connectivity index (χ0) is 18.7. The Bertz CT molecular complexity index is 867. The molecule has 1 aliphatic heterocycles. The van der Waals surface area contributed by atoms with Crippen LogP contribution in [0.4, 0.5) is 0 Å². The van der Waals surface area contributed by atoms with Crippen molar-refractivity contribution in [3.63, 3.8) is 0 Å². The molecule has 0 bridgehead atoms. The second-order valence-electron chi connectivity index (χ2n) is 7.01. The minimum absolute atomic E-state index is 0.0937. The van der Waals surface area contributed by atoms with Gasteiger partial charge in [-0.2, -0.15) is 0 Å². The van der Waals surface area contributed by atoms with Crippen LogP contribution < -0.4 is 9.47 Å². The van der Waals surface area contributed by atoms with Gasteiger partial charge in [0.25, 0.3) is 0 Å². The molecule has 2 aromatic rings. The van der Waals surface area contributed by atoms with Crippen LogP contribution in [-0.2, 0) is 0 Å². The molecule has 0 fully saturated rings. The van der Waals surface area contributed by atoms with Crippen molar-refractivity contribution in [2.24, 2.45) is 0 Å². The number of fused-ring (bicyclic) bond motifs is 1. The Balaban J connectivity index is 1.77. The summed E-state index contributed by atoms with van der Waals surface area (Å²) in [6.45, 7) is 8.87. The second kappa shape index (κ2) is 7.61. The van der Waals surface area contributed by atoms with Gasteiger partial charge in [0, 0.05) is 6.07 Å². The van der Waals surface area contributed by atoms with E-state index in [0.717, 1.165) is 5.56 Å². The highest BCUT2D eigenvalue weighted by Gasteiger charge is 2.27. The molecule has 0 saturated heterocycles. The highest BCUT2D eigenvalue weighted by Crippen LogP contribution is 2.35. The SMILES string of the molecule is CC(C)=CCOc1ccc2c(c1)O/C(=C/c1ccc(C(C)C)cc1)C2=O. The van der Waals surface area contributed by atoms with Crippen molar-refractivity contribution in [1.29, 1.82) is 0 Å². The fourth-order valence-corrected chi connectivity index (χ4v) is 2.69. The largest absolute Gasteiger partial charge is 0.489 e. The van der Waals surface area contributed by atoms with E-state index in [0.29, 0.717) is 35.3 Å². The molecule has 0 amide bonds. The number of allylic oxidation sites excluding steroid dienone is 2. The number of ketones is 1. The number of carbonyl (C=O) groups is 1. The van der Waals surface area contributed by atoms with E-state index in [9.17, 15) is 4.79 Å². The fourth-order valence-electron chi connectivity index (χ4n) is 2.69. The highest BCUT2D eigenvalue weighted by atomic mass is 16.5. The van der Waals surface area contributed by atoms with Gasteiger partial charge in [0.05, 0.1) is 5.56 Å². The monoisotopic (exact) mass is 348 g/mol. The predicted molar refractivity (Wildman–Crippen MR) is 105 cm³/mol. The van der Waals surface area contributed by atoms with Crippen LogP contribution in [0, 0.1) is 0 Å². The van der Waals surface area contributed by atoms with E-state index in [1.165, 1.54) is 11.1 Å². The van der Waals surface area contributed by atoms with Gasteiger partial charge in [0.15, 0.2) is 5.76 Å². The zero-order valence-corrected chi connectivity index (χ0v) is 15.7. The van der Waals surface area contributed by atoms with E-state index in [2.05, 4.69) is 26.0 Å². The van der Waals surface area contributed by atoms with Gasteiger partial charge in [-0.25, -0.2) is 0 Å². The lowest BCUT2D eigenvalue weighted by Gasteiger charge is -2.05. The molecule has 1 aliphatic rings. The molecule has 3 rings (SSSR count). The summed E-state index contributed by atoms with van der Waals surface area (Å²) in [5.74, 6) is 1.98. The number of hydrogen-bond acceptors (Lipinski definition) is 3. The van der Waals surface area contributed by atoms with E-state index < -0.39 is 0 Å². The van der Waals surface area contributed by atoms with E-state index in [4.69, 9.17) is 9.47 Å². The van der Waals surface area contributed by atoms with Crippen LogP contribution in [0.3, 0.4) is 0 Å². The number of ether oxygens (including phenoxy) is 2. The molecule has 0 unspecified atom stereocenters. The summed E-state index contributed by atoms with van der Waals surface area (Å²) in [6.07, 6.45) is 3.79. The summed E-state index contributed by atoms with van der Waals surface area (Å²) in [6, 6.07) is 13.5. The molecule has 0 radical (unpaired) electrons. The maximum atomic E-state index is 12.5. The Morgan fingerprint density at radius 3 is 2.50 bits per heavy atom. The van der Waals surface area contributed by atoms with Crippen LogP contribution in [0.25, 0.3) is 6.08 Å². The fraction of sp³-hybridized carbons (Fsp3) is 0.261. The maximum absolute atomic E-state index is 12.5. The summed E-state index contributed by atoms with van der Waals surface area (Å²) in [5, 5.41) is 0. The summed E-state index contributed by atoms with van der Waals surface area (Å²) >= 11 is 0. The van der Waals surface area contributed by atoms with Gasteiger partial charge in [-0.15, -0.1) is 0 Å². The van der Waals surface area contributed by atoms with Crippen molar-refractivity contribution in [3.05, 3.63) is 76.6 Å². The highest BCUT2D eigenvalue weighted by molar-refractivity contribution is 6.14. The quantitative estimate of drug-likeness (QED) is 0.508. The summed E-state index contributed by atoms with van der Waals surface area (Å²) in [5.41, 5.74) is 3.99. The molecule has 26 heavy (non-hydrogen) atoms. The minimum Gasteiger partial charge on any atom is -0.489 e. The molecule has 0 aliphatic carbocycles. The third-order valence-corrected chi connectivity index (χ3v) is 4.28. The molecule has 0 N–H and O–H groups in total. The Hall–Kier alpha value is -2.81. The molecule has 0 spiro atoms. The van der Waals surface area contributed by atoms with Crippen LogP contribution in [0.5, 0.6) is 11.5 Å². The third kappa shape index (κ3) is 4.05. The van der Waals surface area contributed by atoms with Gasteiger partial charge in [-0.05, 0) is 55.2 Å². The summed E-state index contributed by atoms with van der Waals surface area (Å²) in [7, 11) is 0. The Morgan fingerprint density at radius 2 is 1.85 bits per heavy atom. The Morgan fingerprint density at radius 1 is 1.12 bits per heavy atom. The van der Waals surface area contributed by atoms with Crippen LogP contribution >= 0.6 is 0 Å². The van der Waals surface area contributed by atoms with Crippen molar-refractivity contribution in [2.45, 2.75) is 33.6 Å². The van der Waals surface area contributed by atoms with E-state index in [1.54, 1.807) is 24.3 Å². The smallest absolute Gasteiger partial charge is 0.231 e. The number of hydrogen-bond donors (Lipinski definition) is 0. The van der Waals surface area contributed by atoms with Gasteiger partial charge in [0.2, 0.25) is 5.78 Å². The Kier molecular flexibility index (Phi) is 5.27. The van der Waals surface area contributed by atoms with Crippen molar-refractivity contribution in [1.82, 2.24) is 0 Å². The minimum atomic E-state index is -0.0937. The topological polar surface area (TPSA) is 35.5 Å². The summed E-state index contributed by atoms with van der Waals surface area (Å²) in [4.78, 5) is 12.5. The van der Waals surface area contributed by atoms with Crippen LogP contribution in [0.1, 0.15) is 55.1 Å². The predicted octanol–water partition coefficient (Wildman–Crippen LogP) is 5.77. The van der Waals surface area contributed by atoms with Gasteiger partial charge in [-0.1, -0.05) is 43.7 Å². The van der Waals surface area contributed by atoms with E-state index in [1.807, 2.05) is 32.1 Å². The molecule has 0 aromatic heterocycles. The number of carbonyl (C=O) groups excluding carboxylic acids is 1. The van der Waals surface area contributed by atoms with Gasteiger partial charge >= 0.3 is 0 Å². The lowest BCUT2D eigenvalue weighted by molar-refractivity contribution is 0.101. The first-order valence-corrected chi connectivity index (χ1v) is 8.88. The number of Topliss-reactive ketones (excluding diaryl/α,β-unsaturated/α-hetero) is 1. The average Bonchev–Trinajstić information content (AvgIpc) is 2.90. The first kappa shape index (κ1) is 18.0. The van der Waals surface area contributed by atoms with Gasteiger partial charge in [0.1, 0.15) is 18.1 Å². The van der Waals surface area contributed by atoms with E-state index in [-0.39, 0.29) is 5.78 Å².